The van der Waals surface area contributed by atoms with E-state index in [9.17, 15) is 8.42 Å². The maximum absolute atomic E-state index is 12.6. The smallest absolute Gasteiger partial charge is 0.302 e. The molecule has 1 saturated heterocycles. The Bertz CT molecular complexity index is 900. The summed E-state index contributed by atoms with van der Waals surface area (Å²) in [6.07, 6.45) is 2.26. The van der Waals surface area contributed by atoms with E-state index in [1.165, 1.54) is 10.5 Å². The third-order valence-corrected chi connectivity index (χ3v) is 5.69. The van der Waals surface area contributed by atoms with E-state index in [0.29, 0.717) is 37.6 Å². The average molecular weight is 372 g/mol. The zero-order valence-electron chi connectivity index (χ0n) is 14.5. The third-order valence-electron chi connectivity index (χ3n) is 4.18. The van der Waals surface area contributed by atoms with Crippen LogP contribution in [0.3, 0.4) is 0 Å². The van der Waals surface area contributed by atoms with Gasteiger partial charge in [-0.15, -0.1) is 0 Å². The van der Waals surface area contributed by atoms with Crippen molar-refractivity contribution in [3.63, 3.8) is 0 Å². The molecule has 0 amide bonds. The number of rotatable bonds is 5. The van der Waals surface area contributed by atoms with Gasteiger partial charge in [-0.2, -0.15) is 18.0 Å². The number of nitrogens with zero attached hydrogens (tertiary/aromatic N) is 5. The van der Waals surface area contributed by atoms with Gasteiger partial charge < -0.3 is 4.90 Å². The molecule has 1 aliphatic rings. The molecule has 2 aromatic rings. The van der Waals surface area contributed by atoms with Gasteiger partial charge in [-0.3, -0.25) is 4.72 Å². The molecule has 9 heteroatoms. The van der Waals surface area contributed by atoms with E-state index in [4.69, 9.17) is 5.26 Å². The minimum absolute atomic E-state index is 0.334. The first-order valence-corrected chi connectivity index (χ1v) is 9.81. The Balaban J connectivity index is 1.63. The highest BCUT2D eigenvalue weighted by molar-refractivity contribution is 7.90. The summed E-state index contributed by atoms with van der Waals surface area (Å²) in [6.45, 7) is 3.73. The average Bonchev–Trinajstić information content (AvgIpc) is 2.68. The summed E-state index contributed by atoms with van der Waals surface area (Å²) in [7, 11) is -3.65. The summed E-state index contributed by atoms with van der Waals surface area (Å²) in [6, 6.07) is 10.8. The first-order chi connectivity index (χ1) is 12.5. The zero-order chi connectivity index (χ0) is 18.6. The van der Waals surface area contributed by atoms with Gasteiger partial charge in [0.05, 0.1) is 5.56 Å². The van der Waals surface area contributed by atoms with Crippen LogP contribution in [0.5, 0.6) is 0 Å². The van der Waals surface area contributed by atoms with Crippen LogP contribution >= 0.6 is 0 Å². The molecule has 0 atom stereocenters. The molecule has 0 aromatic carbocycles. The van der Waals surface area contributed by atoms with Crippen molar-refractivity contribution in [1.29, 1.82) is 5.26 Å². The van der Waals surface area contributed by atoms with Gasteiger partial charge in [-0.25, -0.2) is 9.97 Å². The SMILES string of the molecule is CCc1cccc(NS(=O)(=O)N2CCN(c3ccc(C#N)cn3)CC2)n1. The molecule has 0 spiro atoms. The molecule has 0 radical (unpaired) electrons. The Labute approximate surface area is 153 Å². The lowest BCUT2D eigenvalue weighted by molar-refractivity contribution is 0.386. The molecule has 0 bridgehead atoms. The lowest BCUT2D eigenvalue weighted by atomic mass is 10.3. The lowest BCUT2D eigenvalue weighted by Gasteiger charge is -2.34. The number of anilines is 2. The first kappa shape index (κ1) is 18.1. The zero-order valence-corrected chi connectivity index (χ0v) is 15.3. The van der Waals surface area contributed by atoms with Gasteiger partial charge in [0.2, 0.25) is 0 Å². The van der Waals surface area contributed by atoms with Crippen LogP contribution in [0.4, 0.5) is 11.6 Å². The van der Waals surface area contributed by atoms with Crippen molar-refractivity contribution in [3.8, 4) is 6.07 Å². The monoisotopic (exact) mass is 372 g/mol. The summed E-state index contributed by atoms with van der Waals surface area (Å²) >= 11 is 0. The third kappa shape index (κ3) is 4.09. The predicted octanol–water partition coefficient (Wildman–Crippen LogP) is 1.39. The minimum Gasteiger partial charge on any atom is -0.354 e. The van der Waals surface area contributed by atoms with E-state index >= 15 is 0 Å². The van der Waals surface area contributed by atoms with Gasteiger partial charge in [0, 0.05) is 38.1 Å². The second-order valence-corrected chi connectivity index (χ2v) is 7.55. The highest BCUT2D eigenvalue weighted by Gasteiger charge is 2.27. The van der Waals surface area contributed by atoms with Crippen LogP contribution in [0, 0.1) is 11.3 Å². The number of aromatic nitrogens is 2. The summed E-state index contributed by atoms with van der Waals surface area (Å²) in [5.41, 5.74) is 1.34. The maximum Gasteiger partial charge on any atom is 0.302 e. The van der Waals surface area contributed by atoms with Gasteiger partial charge in [0.15, 0.2) is 0 Å². The number of aryl methyl sites for hydroxylation is 1. The van der Waals surface area contributed by atoms with Gasteiger partial charge in [-0.1, -0.05) is 13.0 Å². The van der Waals surface area contributed by atoms with Crippen LogP contribution in [0.1, 0.15) is 18.2 Å². The highest BCUT2D eigenvalue weighted by atomic mass is 32.2. The molecule has 1 fully saturated rings. The largest absolute Gasteiger partial charge is 0.354 e. The Morgan fingerprint density at radius 3 is 2.58 bits per heavy atom. The molecule has 136 valence electrons. The number of nitrogens with one attached hydrogen (secondary N) is 1. The molecular weight excluding hydrogens is 352 g/mol. The molecule has 3 heterocycles. The molecule has 1 aliphatic heterocycles. The van der Waals surface area contributed by atoms with Gasteiger partial charge >= 0.3 is 10.2 Å². The number of hydrogen-bond acceptors (Lipinski definition) is 6. The molecule has 0 unspecified atom stereocenters. The second-order valence-electron chi connectivity index (χ2n) is 5.88. The number of nitriles is 1. The number of pyridine rings is 2. The summed E-state index contributed by atoms with van der Waals surface area (Å²) < 4.78 is 29.1. The Morgan fingerprint density at radius 2 is 1.96 bits per heavy atom. The molecule has 0 saturated carbocycles. The molecule has 26 heavy (non-hydrogen) atoms. The molecule has 0 aliphatic carbocycles. The van der Waals surface area contributed by atoms with E-state index in [1.807, 2.05) is 24.0 Å². The van der Waals surface area contributed by atoms with Crippen molar-refractivity contribution in [1.82, 2.24) is 14.3 Å². The van der Waals surface area contributed by atoms with E-state index < -0.39 is 10.2 Å². The fourth-order valence-corrected chi connectivity index (χ4v) is 3.88. The van der Waals surface area contributed by atoms with Crippen LogP contribution in [-0.2, 0) is 16.6 Å². The van der Waals surface area contributed by atoms with Crippen LogP contribution in [-0.4, -0.2) is 48.9 Å². The van der Waals surface area contributed by atoms with Crippen LogP contribution < -0.4 is 9.62 Å². The van der Waals surface area contributed by atoms with E-state index in [-0.39, 0.29) is 0 Å². The van der Waals surface area contributed by atoms with Crippen molar-refractivity contribution in [2.45, 2.75) is 13.3 Å². The number of hydrogen-bond donors (Lipinski definition) is 1. The predicted molar refractivity (Wildman–Crippen MR) is 98.9 cm³/mol. The molecule has 1 N–H and O–H groups in total. The fraction of sp³-hybridized carbons (Fsp3) is 0.353. The Hall–Kier alpha value is -2.70. The van der Waals surface area contributed by atoms with E-state index in [1.54, 1.807) is 24.3 Å². The van der Waals surface area contributed by atoms with Gasteiger partial charge in [0.1, 0.15) is 17.7 Å². The highest BCUT2D eigenvalue weighted by Crippen LogP contribution is 2.17. The molecule has 8 nitrogen and oxygen atoms in total. The van der Waals surface area contributed by atoms with Crippen molar-refractivity contribution < 1.29 is 8.42 Å². The minimum atomic E-state index is -3.65. The van der Waals surface area contributed by atoms with Gasteiger partial charge in [-0.05, 0) is 30.7 Å². The summed E-state index contributed by atoms with van der Waals surface area (Å²) in [5, 5.41) is 8.83. The van der Waals surface area contributed by atoms with Crippen LogP contribution in [0.2, 0.25) is 0 Å². The maximum atomic E-state index is 12.6. The summed E-state index contributed by atoms with van der Waals surface area (Å²) in [5.74, 6) is 1.08. The normalized spacial score (nSPS) is 15.5. The Morgan fingerprint density at radius 1 is 1.19 bits per heavy atom. The lowest BCUT2D eigenvalue weighted by Crippen LogP contribution is -2.50. The van der Waals surface area contributed by atoms with E-state index in [2.05, 4.69) is 14.7 Å². The number of piperazine rings is 1. The molecule has 3 rings (SSSR count). The van der Waals surface area contributed by atoms with Crippen LogP contribution in [0.25, 0.3) is 0 Å². The van der Waals surface area contributed by atoms with Crippen molar-refractivity contribution in [3.05, 3.63) is 47.8 Å². The standard InChI is InChI=1S/C17H20N6O2S/c1-2-15-4-3-5-16(20-15)21-26(24,25)23-10-8-22(9-11-23)17-7-6-14(12-18)13-19-17/h3-7,13H,2,8-11H2,1H3,(H,20,21). The molecule has 2 aromatic heterocycles. The van der Waals surface area contributed by atoms with Crippen molar-refractivity contribution in [2.75, 3.05) is 35.8 Å². The van der Waals surface area contributed by atoms with E-state index in [0.717, 1.165) is 17.9 Å². The Kier molecular flexibility index (Phi) is 5.35. The van der Waals surface area contributed by atoms with Crippen LogP contribution in [0.15, 0.2) is 36.5 Å². The fourth-order valence-electron chi connectivity index (χ4n) is 2.73. The van der Waals surface area contributed by atoms with Crippen molar-refractivity contribution in [2.24, 2.45) is 0 Å². The summed E-state index contributed by atoms with van der Waals surface area (Å²) in [4.78, 5) is 10.5. The van der Waals surface area contributed by atoms with Crippen molar-refractivity contribution >= 4 is 21.8 Å². The quantitative estimate of drug-likeness (QED) is 0.851. The van der Waals surface area contributed by atoms with Gasteiger partial charge in [0.25, 0.3) is 0 Å². The molecular formula is C17H20N6O2S. The topological polar surface area (TPSA) is 102 Å². The first-order valence-electron chi connectivity index (χ1n) is 8.37. The second kappa shape index (κ2) is 7.68.